The van der Waals surface area contributed by atoms with Crippen molar-refractivity contribution in [3.8, 4) is 0 Å². The maximum absolute atomic E-state index is 12.5. The molecule has 0 unspecified atom stereocenters. The van der Waals surface area contributed by atoms with Crippen LogP contribution in [-0.4, -0.2) is 35.6 Å². The van der Waals surface area contributed by atoms with Gasteiger partial charge in [-0.15, -0.1) is 0 Å². The Kier molecular flexibility index (Phi) is 6.73. The molecule has 5 nitrogen and oxygen atoms in total. The van der Waals surface area contributed by atoms with E-state index in [0.29, 0.717) is 37.2 Å². The Bertz CT molecular complexity index is 630. The Balaban J connectivity index is 1.90. The number of nitrogens with one attached hydrogen (secondary N) is 1. The van der Waals surface area contributed by atoms with Gasteiger partial charge >= 0.3 is 0 Å². The highest BCUT2D eigenvalue weighted by molar-refractivity contribution is 5.97. The van der Waals surface area contributed by atoms with E-state index < -0.39 is 0 Å². The molecule has 136 valence electrons. The number of rotatable bonds is 6. The number of Topliss-reactive ketones (excluding diaryl/α,β-unsaturated/α-hetero) is 1. The predicted octanol–water partition coefficient (Wildman–Crippen LogP) is 3.50. The van der Waals surface area contributed by atoms with Gasteiger partial charge in [0, 0.05) is 36.2 Å². The lowest BCUT2D eigenvalue weighted by Crippen LogP contribution is -2.43. The molecule has 1 heterocycles. The molecule has 5 heteroatoms. The minimum atomic E-state index is -0.0910. The first-order valence-corrected chi connectivity index (χ1v) is 9.16. The van der Waals surface area contributed by atoms with E-state index in [1.54, 1.807) is 24.3 Å². The largest absolute Gasteiger partial charge is 0.342 e. The highest BCUT2D eigenvalue weighted by Crippen LogP contribution is 2.22. The van der Waals surface area contributed by atoms with E-state index >= 15 is 0 Å². The molecule has 1 aliphatic rings. The summed E-state index contributed by atoms with van der Waals surface area (Å²) in [5.74, 6) is 0.170. The second-order valence-electron chi connectivity index (χ2n) is 6.74. The van der Waals surface area contributed by atoms with Gasteiger partial charge in [-0.3, -0.25) is 14.4 Å². The van der Waals surface area contributed by atoms with E-state index in [-0.39, 0.29) is 29.4 Å². The van der Waals surface area contributed by atoms with Crippen molar-refractivity contribution in [1.82, 2.24) is 4.90 Å². The van der Waals surface area contributed by atoms with Gasteiger partial charge in [-0.05, 0) is 44.7 Å². The Morgan fingerprint density at radius 3 is 2.36 bits per heavy atom. The molecule has 1 fully saturated rings. The van der Waals surface area contributed by atoms with Crippen LogP contribution in [0.15, 0.2) is 24.3 Å². The average Bonchev–Trinajstić information content (AvgIpc) is 2.63. The lowest BCUT2D eigenvalue weighted by molar-refractivity contribution is -0.138. The Morgan fingerprint density at radius 1 is 1.16 bits per heavy atom. The topological polar surface area (TPSA) is 66.5 Å². The van der Waals surface area contributed by atoms with Crippen molar-refractivity contribution in [2.45, 2.75) is 46.5 Å². The molecule has 1 aromatic rings. The first-order chi connectivity index (χ1) is 12.0. The number of likely N-dealkylation sites (tertiary alicyclic amines) is 1. The molecule has 1 aliphatic heterocycles. The molecule has 1 saturated heterocycles. The van der Waals surface area contributed by atoms with Crippen LogP contribution < -0.4 is 5.32 Å². The summed E-state index contributed by atoms with van der Waals surface area (Å²) in [4.78, 5) is 38.2. The fourth-order valence-electron chi connectivity index (χ4n) is 3.32. The molecule has 0 bridgehead atoms. The molecule has 0 radical (unpaired) electrons. The molecular formula is C20H28N2O3. The molecule has 2 rings (SSSR count). The highest BCUT2D eigenvalue weighted by atomic mass is 16.2. The second kappa shape index (κ2) is 8.79. The van der Waals surface area contributed by atoms with Gasteiger partial charge in [-0.1, -0.05) is 26.0 Å². The molecule has 0 aliphatic carbocycles. The number of carbonyl (C=O) groups is 3. The van der Waals surface area contributed by atoms with Gasteiger partial charge in [0.05, 0.1) is 0 Å². The zero-order valence-corrected chi connectivity index (χ0v) is 15.4. The highest BCUT2D eigenvalue weighted by Gasteiger charge is 2.29. The van der Waals surface area contributed by atoms with Crippen molar-refractivity contribution < 1.29 is 14.4 Å². The van der Waals surface area contributed by atoms with E-state index in [9.17, 15) is 14.4 Å². The molecule has 1 N–H and O–H groups in total. The Morgan fingerprint density at radius 2 is 1.80 bits per heavy atom. The van der Waals surface area contributed by atoms with Gasteiger partial charge in [-0.2, -0.15) is 0 Å². The van der Waals surface area contributed by atoms with Gasteiger partial charge < -0.3 is 10.2 Å². The van der Waals surface area contributed by atoms with Gasteiger partial charge in [0.25, 0.3) is 0 Å². The van der Waals surface area contributed by atoms with Crippen molar-refractivity contribution in [2.75, 3.05) is 18.4 Å². The van der Waals surface area contributed by atoms with Gasteiger partial charge in [-0.25, -0.2) is 0 Å². The van der Waals surface area contributed by atoms with Crippen LogP contribution in [0.5, 0.6) is 0 Å². The van der Waals surface area contributed by atoms with Crippen LogP contribution in [0.3, 0.4) is 0 Å². The number of anilines is 1. The minimum absolute atomic E-state index is 0.0238. The third-order valence-corrected chi connectivity index (χ3v) is 5.05. The van der Waals surface area contributed by atoms with E-state index in [2.05, 4.69) is 5.32 Å². The average molecular weight is 344 g/mol. The first kappa shape index (κ1) is 19.2. The van der Waals surface area contributed by atoms with Gasteiger partial charge in [0.15, 0.2) is 5.78 Å². The van der Waals surface area contributed by atoms with E-state index in [4.69, 9.17) is 0 Å². The maximum Gasteiger partial charge on any atom is 0.227 e. The molecule has 0 atom stereocenters. The molecule has 25 heavy (non-hydrogen) atoms. The number of benzene rings is 1. The number of amides is 2. The first-order valence-electron chi connectivity index (χ1n) is 9.16. The lowest BCUT2D eigenvalue weighted by atomic mass is 9.93. The molecule has 0 saturated carbocycles. The van der Waals surface area contributed by atoms with Crippen molar-refractivity contribution in [3.05, 3.63) is 29.8 Å². The number of carbonyl (C=O) groups excluding carboxylic acids is 3. The van der Waals surface area contributed by atoms with Gasteiger partial charge in [0.2, 0.25) is 11.8 Å². The summed E-state index contributed by atoms with van der Waals surface area (Å²) in [6.07, 6.45) is 3.10. The minimum Gasteiger partial charge on any atom is -0.342 e. The van der Waals surface area contributed by atoms with Crippen LogP contribution in [0, 0.1) is 11.8 Å². The Hall–Kier alpha value is -2.17. The van der Waals surface area contributed by atoms with Crippen LogP contribution in [0.25, 0.3) is 0 Å². The molecule has 1 aromatic carbocycles. The summed E-state index contributed by atoms with van der Waals surface area (Å²) in [5, 5.41) is 2.90. The third kappa shape index (κ3) is 4.91. The van der Waals surface area contributed by atoms with Crippen LogP contribution in [0.1, 0.15) is 56.8 Å². The van der Waals surface area contributed by atoms with Crippen LogP contribution in [0.2, 0.25) is 0 Å². The fraction of sp³-hybridized carbons (Fsp3) is 0.550. The Labute approximate surface area is 149 Å². The third-order valence-electron chi connectivity index (χ3n) is 5.05. The summed E-state index contributed by atoms with van der Waals surface area (Å²) in [5.41, 5.74) is 1.23. The predicted molar refractivity (Wildman–Crippen MR) is 98.5 cm³/mol. The lowest BCUT2D eigenvalue weighted by Gasteiger charge is -2.33. The number of hydrogen-bond donors (Lipinski definition) is 1. The summed E-state index contributed by atoms with van der Waals surface area (Å²) < 4.78 is 0. The van der Waals surface area contributed by atoms with Crippen molar-refractivity contribution >= 4 is 23.3 Å². The number of hydrogen-bond acceptors (Lipinski definition) is 3. The molecule has 0 spiro atoms. The quantitative estimate of drug-likeness (QED) is 0.803. The molecule has 2 amide bonds. The van der Waals surface area contributed by atoms with Crippen LogP contribution in [0.4, 0.5) is 5.69 Å². The van der Waals surface area contributed by atoms with Crippen molar-refractivity contribution in [1.29, 1.82) is 0 Å². The summed E-state index contributed by atoms with van der Waals surface area (Å²) in [7, 11) is 0. The van der Waals surface area contributed by atoms with E-state index in [1.807, 2.05) is 18.7 Å². The van der Waals surface area contributed by atoms with E-state index in [1.165, 1.54) is 6.92 Å². The standard InChI is InChI=1S/C20H28N2O3/c1-4-15(5-2)20(25)22-11-9-16(10-12-22)19(24)21-18-8-6-7-17(13-18)14(3)23/h6-8,13,15-16H,4-5,9-12H2,1-3H3,(H,21,24). The zero-order valence-electron chi connectivity index (χ0n) is 15.4. The smallest absolute Gasteiger partial charge is 0.227 e. The summed E-state index contributed by atoms with van der Waals surface area (Å²) in [6.45, 7) is 6.87. The van der Waals surface area contributed by atoms with Gasteiger partial charge in [0.1, 0.15) is 0 Å². The molecule has 0 aromatic heterocycles. The van der Waals surface area contributed by atoms with E-state index in [0.717, 1.165) is 12.8 Å². The van der Waals surface area contributed by atoms with Crippen LogP contribution in [-0.2, 0) is 9.59 Å². The number of piperidine rings is 1. The summed E-state index contributed by atoms with van der Waals surface area (Å²) in [6, 6.07) is 6.99. The fourth-order valence-corrected chi connectivity index (χ4v) is 3.32. The van der Waals surface area contributed by atoms with Crippen molar-refractivity contribution in [3.63, 3.8) is 0 Å². The van der Waals surface area contributed by atoms with Crippen LogP contribution >= 0.6 is 0 Å². The second-order valence-corrected chi connectivity index (χ2v) is 6.74. The number of nitrogens with zero attached hydrogens (tertiary/aromatic N) is 1. The van der Waals surface area contributed by atoms with Crippen molar-refractivity contribution in [2.24, 2.45) is 11.8 Å². The number of ketones is 1. The molecular weight excluding hydrogens is 316 g/mol. The maximum atomic E-state index is 12.5. The monoisotopic (exact) mass is 344 g/mol. The summed E-state index contributed by atoms with van der Waals surface area (Å²) >= 11 is 0. The SMILES string of the molecule is CCC(CC)C(=O)N1CCC(C(=O)Nc2cccc(C(C)=O)c2)CC1. The zero-order chi connectivity index (χ0) is 18.4. The normalized spacial score (nSPS) is 15.3.